The summed E-state index contributed by atoms with van der Waals surface area (Å²) in [5, 5.41) is 12.5. The molecule has 32 heavy (non-hydrogen) atoms. The van der Waals surface area contributed by atoms with E-state index in [1.807, 2.05) is 0 Å². The molecule has 3 rings (SSSR count). The van der Waals surface area contributed by atoms with E-state index >= 15 is 0 Å². The zero-order chi connectivity index (χ0) is 23.6. The molecule has 0 saturated carbocycles. The number of ether oxygens (including phenoxy) is 1. The minimum absolute atomic E-state index is 0.135. The number of nitrogens with zero attached hydrogens (tertiary/aromatic N) is 1. The van der Waals surface area contributed by atoms with E-state index in [4.69, 9.17) is 0 Å². The van der Waals surface area contributed by atoms with Crippen molar-refractivity contribution in [1.29, 1.82) is 0 Å². The Labute approximate surface area is 180 Å². The number of para-hydroxylation sites is 2. The van der Waals surface area contributed by atoms with Gasteiger partial charge in [0.05, 0.1) is 16.1 Å². The van der Waals surface area contributed by atoms with Crippen LogP contribution in [0.3, 0.4) is 0 Å². The van der Waals surface area contributed by atoms with Crippen molar-refractivity contribution in [3.63, 3.8) is 0 Å². The average molecular weight is 446 g/mol. The van der Waals surface area contributed by atoms with Crippen LogP contribution < -0.4 is 10.1 Å². The molecule has 7 nitrogen and oxygen atoms in total. The molecule has 3 aromatic rings. The van der Waals surface area contributed by atoms with Crippen molar-refractivity contribution in [1.82, 2.24) is 5.32 Å². The molecule has 0 unspecified atom stereocenters. The van der Waals surface area contributed by atoms with Crippen molar-refractivity contribution in [3.8, 4) is 5.75 Å². The van der Waals surface area contributed by atoms with Gasteiger partial charge in [-0.2, -0.15) is 13.2 Å². The van der Waals surface area contributed by atoms with E-state index in [2.05, 4.69) is 10.1 Å². The van der Waals surface area contributed by atoms with Crippen LogP contribution >= 0.6 is 0 Å². The third-order valence-corrected chi connectivity index (χ3v) is 3.99. The lowest BCUT2D eigenvalue weighted by molar-refractivity contribution is -0.384. The summed E-state index contributed by atoms with van der Waals surface area (Å²) in [6.45, 7) is -0.00496. The van der Waals surface area contributed by atoms with Crippen molar-refractivity contribution < 1.29 is 32.4 Å². The second kappa shape index (κ2) is 11.3. The Morgan fingerprint density at radius 1 is 0.969 bits per heavy atom. The van der Waals surface area contributed by atoms with Crippen LogP contribution in [0.5, 0.6) is 5.75 Å². The van der Waals surface area contributed by atoms with E-state index in [-0.39, 0.29) is 24.3 Å². The lowest BCUT2D eigenvalue weighted by atomic mass is 10.1. The highest BCUT2D eigenvalue weighted by Crippen LogP contribution is 2.38. The molecule has 0 aliphatic rings. The third-order valence-electron chi connectivity index (χ3n) is 3.99. The van der Waals surface area contributed by atoms with Crippen molar-refractivity contribution in [2.24, 2.45) is 0 Å². The number of benzene rings is 3. The molecular weight excluding hydrogens is 429 g/mol. The average Bonchev–Trinajstić information content (AvgIpc) is 2.79. The first-order valence-electron chi connectivity index (χ1n) is 9.06. The summed E-state index contributed by atoms with van der Waals surface area (Å²) in [4.78, 5) is 32.2. The molecule has 0 heterocycles. The molecule has 0 bridgehead atoms. The first-order chi connectivity index (χ1) is 15.2. The van der Waals surface area contributed by atoms with E-state index in [9.17, 15) is 32.9 Å². The Morgan fingerprint density at radius 3 is 2.06 bits per heavy atom. The highest BCUT2D eigenvalue weighted by molar-refractivity contribution is 5.97. The van der Waals surface area contributed by atoms with E-state index < -0.39 is 28.3 Å². The summed E-state index contributed by atoms with van der Waals surface area (Å²) in [6.07, 6.45) is -4.74. The van der Waals surface area contributed by atoms with Gasteiger partial charge >= 0.3 is 6.18 Å². The summed E-state index contributed by atoms with van der Waals surface area (Å²) in [5.41, 5.74) is -0.622. The Bertz CT molecular complexity index is 1060. The van der Waals surface area contributed by atoms with Gasteiger partial charge in [0.1, 0.15) is 0 Å². The Hall–Kier alpha value is -4.21. The van der Waals surface area contributed by atoms with Crippen molar-refractivity contribution in [3.05, 3.63) is 106 Å². The molecule has 3 aromatic carbocycles. The lowest BCUT2D eigenvalue weighted by Gasteiger charge is -2.14. The zero-order valence-corrected chi connectivity index (χ0v) is 16.4. The smallest absolute Gasteiger partial charge is 0.420 e. The van der Waals surface area contributed by atoms with Gasteiger partial charge in [0.25, 0.3) is 18.1 Å². The van der Waals surface area contributed by atoms with Crippen LogP contribution in [0.4, 0.5) is 18.9 Å². The monoisotopic (exact) mass is 446 g/mol. The summed E-state index contributed by atoms with van der Waals surface area (Å²) in [5.74, 6) is -1.57. The van der Waals surface area contributed by atoms with Crippen molar-refractivity contribution in [2.75, 3.05) is 0 Å². The summed E-state index contributed by atoms with van der Waals surface area (Å²) >= 11 is 0. The van der Waals surface area contributed by atoms with Crippen LogP contribution in [-0.4, -0.2) is 17.3 Å². The predicted molar refractivity (Wildman–Crippen MR) is 109 cm³/mol. The first-order valence-corrected chi connectivity index (χ1v) is 9.06. The molecule has 0 spiro atoms. The Morgan fingerprint density at radius 2 is 1.56 bits per heavy atom. The van der Waals surface area contributed by atoms with Gasteiger partial charge in [-0.3, -0.25) is 19.7 Å². The number of hydrogen-bond acceptors (Lipinski definition) is 5. The van der Waals surface area contributed by atoms with Gasteiger partial charge < -0.3 is 10.1 Å². The molecule has 0 fully saturated rings. The first kappa shape index (κ1) is 24.1. The lowest BCUT2D eigenvalue weighted by Crippen LogP contribution is -2.24. The van der Waals surface area contributed by atoms with Gasteiger partial charge in [0, 0.05) is 18.7 Å². The van der Waals surface area contributed by atoms with Crippen LogP contribution in [0.2, 0.25) is 0 Å². The molecule has 0 radical (unpaired) electrons. The summed E-state index contributed by atoms with van der Waals surface area (Å²) in [6, 6.07) is 19.8. The quantitative estimate of drug-likeness (QED) is 0.334. The standard InChI is InChI=1S/C16H12F3NO3.C6H5NO2/c17-16(18,19)13-8-4-7-12(14(13)23-10-21)15(22)20-9-11-5-2-1-3-6-11;8-7(9)6-4-2-1-3-5-6/h1-8,10H,9H2,(H,20,22);1-5H. The number of hydrogen-bond donors (Lipinski definition) is 1. The maximum Gasteiger partial charge on any atom is 0.420 e. The highest BCUT2D eigenvalue weighted by atomic mass is 19.4. The number of halogens is 3. The number of amides is 1. The minimum atomic E-state index is -4.74. The van der Waals surface area contributed by atoms with Gasteiger partial charge in [0.2, 0.25) is 0 Å². The second-order valence-electron chi connectivity index (χ2n) is 6.16. The molecule has 0 aliphatic carbocycles. The number of carbonyl (C=O) groups is 2. The molecule has 10 heteroatoms. The Kier molecular flexibility index (Phi) is 8.46. The Balaban J connectivity index is 0.000000336. The zero-order valence-electron chi connectivity index (χ0n) is 16.4. The third kappa shape index (κ3) is 6.94. The maximum absolute atomic E-state index is 12.9. The fraction of sp³-hybridized carbons (Fsp3) is 0.0909. The van der Waals surface area contributed by atoms with E-state index in [1.54, 1.807) is 48.5 Å². The maximum atomic E-state index is 12.9. The molecular formula is C22H17F3N2O5. The van der Waals surface area contributed by atoms with Crippen molar-refractivity contribution >= 4 is 18.1 Å². The topological polar surface area (TPSA) is 98.5 Å². The van der Waals surface area contributed by atoms with Crippen LogP contribution in [0, 0.1) is 10.1 Å². The molecule has 0 saturated heterocycles. The normalized spacial score (nSPS) is 10.3. The number of nitro groups is 1. The minimum Gasteiger partial charge on any atom is -0.427 e. The van der Waals surface area contributed by atoms with Gasteiger partial charge in [0.15, 0.2) is 5.75 Å². The number of alkyl halides is 3. The summed E-state index contributed by atoms with van der Waals surface area (Å²) in [7, 11) is 0. The molecule has 0 atom stereocenters. The fourth-order valence-electron chi connectivity index (χ4n) is 2.54. The molecule has 166 valence electrons. The number of nitro benzene ring substituents is 1. The van der Waals surface area contributed by atoms with Gasteiger partial charge in [-0.25, -0.2) is 0 Å². The summed E-state index contributed by atoms with van der Waals surface area (Å²) < 4.78 is 43.2. The SMILES string of the molecule is O=COc1c(C(=O)NCc2ccccc2)cccc1C(F)(F)F.O=[N+]([O-])c1ccccc1. The molecule has 0 aliphatic heterocycles. The number of nitrogens with one attached hydrogen (secondary N) is 1. The van der Waals surface area contributed by atoms with Gasteiger partial charge in [-0.15, -0.1) is 0 Å². The second-order valence-corrected chi connectivity index (χ2v) is 6.16. The van der Waals surface area contributed by atoms with Crippen LogP contribution in [0.1, 0.15) is 21.5 Å². The molecule has 1 amide bonds. The number of rotatable bonds is 6. The van der Waals surface area contributed by atoms with E-state index in [0.717, 1.165) is 23.8 Å². The van der Waals surface area contributed by atoms with Gasteiger partial charge in [-0.05, 0) is 17.7 Å². The highest BCUT2D eigenvalue weighted by Gasteiger charge is 2.36. The van der Waals surface area contributed by atoms with Crippen LogP contribution in [0.15, 0.2) is 78.9 Å². The van der Waals surface area contributed by atoms with Gasteiger partial charge in [-0.1, -0.05) is 54.6 Å². The van der Waals surface area contributed by atoms with Crippen LogP contribution in [0.25, 0.3) is 0 Å². The van der Waals surface area contributed by atoms with Crippen molar-refractivity contribution in [2.45, 2.75) is 12.7 Å². The van der Waals surface area contributed by atoms with E-state index in [1.165, 1.54) is 12.1 Å². The molecule has 1 N–H and O–H groups in total. The fourth-order valence-corrected chi connectivity index (χ4v) is 2.54. The largest absolute Gasteiger partial charge is 0.427 e. The van der Waals surface area contributed by atoms with Crippen LogP contribution in [-0.2, 0) is 17.5 Å². The number of non-ortho nitro benzene ring substituents is 1. The predicted octanol–water partition coefficient (Wildman–Crippen LogP) is 4.77. The molecule has 0 aromatic heterocycles. The number of carbonyl (C=O) groups excluding carboxylic acids is 2. The van der Waals surface area contributed by atoms with E-state index in [0.29, 0.717) is 0 Å².